The minimum atomic E-state index is 0.0694. The van der Waals surface area contributed by atoms with E-state index in [1.165, 1.54) is 5.56 Å². The SMILES string of the molecule is Cc1ccc2n[nH]nc2c1.OCCN(CCO)CCO. The van der Waals surface area contributed by atoms with Gasteiger partial charge in [0.15, 0.2) is 0 Å². The van der Waals surface area contributed by atoms with Gasteiger partial charge in [0.1, 0.15) is 11.0 Å². The third-order valence-corrected chi connectivity index (χ3v) is 2.72. The first-order valence-electron chi connectivity index (χ1n) is 6.53. The van der Waals surface area contributed by atoms with Crippen LogP contribution in [0.5, 0.6) is 0 Å². The number of aryl methyl sites for hydroxylation is 1. The average Bonchev–Trinajstić information content (AvgIpc) is 2.88. The molecule has 0 atom stereocenters. The molecule has 0 aliphatic carbocycles. The van der Waals surface area contributed by atoms with E-state index in [1.54, 1.807) is 4.90 Å². The maximum absolute atomic E-state index is 8.48. The van der Waals surface area contributed by atoms with Gasteiger partial charge in [-0.05, 0) is 24.6 Å². The number of aromatic nitrogens is 3. The molecule has 2 rings (SSSR count). The van der Waals surface area contributed by atoms with Gasteiger partial charge in [0.2, 0.25) is 0 Å². The number of benzene rings is 1. The Morgan fingerprint density at radius 2 is 1.50 bits per heavy atom. The standard InChI is InChI=1S/C7H7N3.C6H15NO3/c1-5-2-3-6-7(4-5)9-10-8-6;8-4-1-7(2-5-9)3-6-10/h2-4H,1H3,(H,8,9,10);8-10H,1-6H2. The van der Waals surface area contributed by atoms with Crippen LogP contribution in [0.1, 0.15) is 5.56 Å². The predicted molar refractivity (Wildman–Crippen MR) is 76.3 cm³/mol. The first-order valence-corrected chi connectivity index (χ1v) is 6.53. The Morgan fingerprint density at radius 1 is 0.950 bits per heavy atom. The van der Waals surface area contributed by atoms with Gasteiger partial charge in [-0.15, -0.1) is 0 Å². The lowest BCUT2D eigenvalue weighted by molar-refractivity contribution is 0.136. The summed E-state index contributed by atoms with van der Waals surface area (Å²) in [4.78, 5) is 1.79. The number of fused-ring (bicyclic) bond motifs is 1. The van der Waals surface area contributed by atoms with Gasteiger partial charge in [-0.3, -0.25) is 4.90 Å². The summed E-state index contributed by atoms with van der Waals surface area (Å²) in [5.41, 5.74) is 3.06. The van der Waals surface area contributed by atoms with Crippen molar-refractivity contribution in [2.75, 3.05) is 39.5 Å². The van der Waals surface area contributed by atoms with E-state index in [4.69, 9.17) is 15.3 Å². The second-order valence-corrected chi connectivity index (χ2v) is 4.33. The van der Waals surface area contributed by atoms with E-state index in [0.29, 0.717) is 19.6 Å². The van der Waals surface area contributed by atoms with Crippen LogP contribution in [-0.2, 0) is 0 Å². The van der Waals surface area contributed by atoms with Crippen molar-refractivity contribution < 1.29 is 15.3 Å². The van der Waals surface area contributed by atoms with Gasteiger partial charge in [-0.2, -0.15) is 15.4 Å². The molecule has 0 unspecified atom stereocenters. The molecule has 0 amide bonds. The molecular weight excluding hydrogens is 260 g/mol. The van der Waals surface area contributed by atoms with Crippen LogP contribution in [0.3, 0.4) is 0 Å². The van der Waals surface area contributed by atoms with Gasteiger partial charge >= 0.3 is 0 Å². The summed E-state index contributed by atoms with van der Waals surface area (Å²) in [7, 11) is 0. The van der Waals surface area contributed by atoms with Gasteiger partial charge in [0, 0.05) is 19.6 Å². The van der Waals surface area contributed by atoms with Crippen LogP contribution in [0.4, 0.5) is 0 Å². The Kier molecular flexibility index (Phi) is 7.74. The zero-order valence-corrected chi connectivity index (χ0v) is 11.7. The molecule has 1 heterocycles. The summed E-state index contributed by atoms with van der Waals surface area (Å²) in [6.45, 7) is 3.79. The van der Waals surface area contributed by atoms with Crippen molar-refractivity contribution in [2.45, 2.75) is 6.92 Å². The summed E-state index contributed by atoms with van der Waals surface area (Å²) in [6, 6.07) is 5.97. The molecule has 1 aromatic carbocycles. The van der Waals surface area contributed by atoms with Crippen LogP contribution < -0.4 is 0 Å². The Morgan fingerprint density at radius 3 is 2.05 bits per heavy atom. The average molecular weight is 282 g/mol. The van der Waals surface area contributed by atoms with Crippen molar-refractivity contribution in [2.24, 2.45) is 0 Å². The molecule has 7 heteroatoms. The molecule has 0 radical (unpaired) electrons. The fourth-order valence-corrected chi connectivity index (χ4v) is 1.71. The molecule has 20 heavy (non-hydrogen) atoms. The van der Waals surface area contributed by atoms with Crippen LogP contribution >= 0.6 is 0 Å². The van der Waals surface area contributed by atoms with Gasteiger partial charge < -0.3 is 15.3 Å². The highest BCUT2D eigenvalue weighted by molar-refractivity contribution is 5.73. The van der Waals surface area contributed by atoms with Crippen molar-refractivity contribution in [3.8, 4) is 0 Å². The predicted octanol–water partition coefficient (Wildman–Crippen LogP) is -0.468. The fourth-order valence-electron chi connectivity index (χ4n) is 1.71. The van der Waals surface area contributed by atoms with Crippen LogP contribution in [-0.4, -0.2) is 75.1 Å². The third-order valence-electron chi connectivity index (χ3n) is 2.72. The second-order valence-electron chi connectivity index (χ2n) is 4.33. The zero-order chi connectivity index (χ0) is 14.8. The molecule has 0 fully saturated rings. The monoisotopic (exact) mass is 282 g/mol. The number of hydrogen-bond donors (Lipinski definition) is 4. The van der Waals surface area contributed by atoms with E-state index >= 15 is 0 Å². The van der Waals surface area contributed by atoms with Crippen molar-refractivity contribution in [1.29, 1.82) is 0 Å². The molecule has 0 saturated carbocycles. The molecule has 1 aromatic heterocycles. The quantitative estimate of drug-likeness (QED) is 0.571. The molecule has 0 spiro atoms. The third kappa shape index (κ3) is 5.62. The highest BCUT2D eigenvalue weighted by Crippen LogP contribution is 2.08. The van der Waals surface area contributed by atoms with Gasteiger partial charge in [-0.25, -0.2) is 0 Å². The number of aromatic amines is 1. The molecule has 0 aliphatic heterocycles. The minimum absolute atomic E-state index is 0.0694. The maximum Gasteiger partial charge on any atom is 0.113 e. The minimum Gasteiger partial charge on any atom is -0.395 e. The fraction of sp³-hybridized carbons (Fsp3) is 0.538. The number of aliphatic hydroxyl groups is 3. The van der Waals surface area contributed by atoms with E-state index in [-0.39, 0.29) is 19.8 Å². The van der Waals surface area contributed by atoms with E-state index in [1.807, 2.05) is 25.1 Å². The Bertz CT molecular complexity index is 475. The zero-order valence-electron chi connectivity index (χ0n) is 11.7. The molecule has 112 valence electrons. The summed E-state index contributed by atoms with van der Waals surface area (Å²) in [5, 5.41) is 35.9. The van der Waals surface area contributed by atoms with E-state index in [0.717, 1.165) is 11.0 Å². The maximum atomic E-state index is 8.48. The highest BCUT2D eigenvalue weighted by Gasteiger charge is 2.00. The molecule has 2 aromatic rings. The molecular formula is C13H22N4O3. The van der Waals surface area contributed by atoms with E-state index < -0.39 is 0 Å². The van der Waals surface area contributed by atoms with Crippen LogP contribution in [0.15, 0.2) is 18.2 Å². The second kappa shape index (κ2) is 9.38. The molecule has 0 saturated heterocycles. The summed E-state index contributed by atoms with van der Waals surface area (Å²) >= 11 is 0. The van der Waals surface area contributed by atoms with Gasteiger partial charge in [0.05, 0.1) is 19.8 Å². The number of H-pyrrole nitrogens is 1. The van der Waals surface area contributed by atoms with Crippen molar-refractivity contribution in [3.05, 3.63) is 23.8 Å². The highest BCUT2D eigenvalue weighted by atomic mass is 16.3. The van der Waals surface area contributed by atoms with Crippen molar-refractivity contribution in [1.82, 2.24) is 20.3 Å². The van der Waals surface area contributed by atoms with Crippen molar-refractivity contribution in [3.63, 3.8) is 0 Å². The number of aliphatic hydroxyl groups excluding tert-OH is 3. The lowest BCUT2D eigenvalue weighted by Gasteiger charge is -2.17. The molecule has 7 nitrogen and oxygen atoms in total. The Labute approximate surface area is 117 Å². The van der Waals surface area contributed by atoms with Crippen LogP contribution in [0.25, 0.3) is 11.0 Å². The largest absolute Gasteiger partial charge is 0.395 e. The summed E-state index contributed by atoms with van der Waals surface area (Å²) < 4.78 is 0. The van der Waals surface area contributed by atoms with Gasteiger partial charge in [0.25, 0.3) is 0 Å². The van der Waals surface area contributed by atoms with E-state index in [9.17, 15) is 0 Å². The number of rotatable bonds is 6. The first-order chi connectivity index (χ1) is 9.71. The Balaban J connectivity index is 0.000000200. The van der Waals surface area contributed by atoms with Crippen LogP contribution in [0.2, 0.25) is 0 Å². The smallest absolute Gasteiger partial charge is 0.113 e. The van der Waals surface area contributed by atoms with E-state index in [2.05, 4.69) is 15.4 Å². The first kappa shape index (κ1) is 16.5. The van der Waals surface area contributed by atoms with Gasteiger partial charge in [-0.1, -0.05) is 6.07 Å². The lowest BCUT2D eigenvalue weighted by atomic mass is 10.2. The topological polar surface area (TPSA) is 106 Å². The number of hydrogen-bond acceptors (Lipinski definition) is 6. The van der Waals surface area contributed by atoms with Crippen LogP contribution in [0, 0.1) is 6.92 Å². The Hall–Kier alpha value is -1.54. The molecule has 0 aliphatic rings. The number of nitrogens with zero attached hydrogens (tertiary/aromatic N) is 3. The normalized spacial score (nSPS) is 10.7. The summed E-state index contributed by atoms with van der Waals surface area (Å²) in [6.07, 6.45) is 0. The molecule has 4 N–H and O–H groups in total. The summed E-state index contributed by atoms with van der Waals surface area (Å²) in [5.74, 6) is 0. The lowest BCUT2D eigenvalue weighted by Crippen LogP contribution is -2.32. The number of nitrogens with one attached hydrogen (secondary N) is 1. The van der Waals surface area contributed by atoms with Crippen molar-refractivity contribution >= 4 is 11.0 Å². The molecule has 0 bridgehead atoms.